The predicted molar refractivity (Wildman–Crippen MR) is 89.8 cm³/mol. The molecule has 1 unspecified atom stereocenters. The molecule has 0 aliphatic heterocycles. The first-order valence-corrected chi connectivity index (χ1v) is 10.00. The van der Waals surface area contributed by atoms with Crippen molar-refractivity contribution in [3.8, 4) is 0 Å². The summed E-state index contributed by atoms with van der Waals surface area (Å²) in [7, 11) is 0. The standard InChI is InChI=1S/C17H36O3S/c1-2-3-4-5-6-7-8-9-10-11-12-13-14-15-16-17-20-21(18)19/h2-17H2,1H3,(H,18,19)/p-1. The zero-order valence-corrected chi connectivity index (χ0v) is 14.8. The van der Waals surface area contributed by atoms with Crippen LogP contribution in [-0.4, -0.2) is 15.4 Å². The van der Waals surface area contributed by atoms with Crippen molar-refractivity contribution in [2.45, 2.75) is 103 Å². The Morgan fingerprint density at radius 3 is 1.33 bits per heavy atom. The van der Waals surface area contributed by atoms with E-state index in [0.717, 1.165) is 12.8 Å². The van der Waals surface area contributed by atoms with Crippen molar-refractivity contribution in [3.05, 3.63) is 0 Å². The fraction of sp³-hybridized carbons (Fsp3) is 1.00. The SMILES string of the molecule is CCCCCCCCCCCCCCCCCOS(=O)[O-]. The summed E-state index contributed by atoms with van der Waals surface area (Å²) >= 11 is -2.33. The molecule has 21 heavy (non-hydrogen) atoms. The molecule has 0 aromatic heterocycles. The molecule has 0 N–H and O–H groups in total. The summed E-state index contributed by atoms with van der Waals surface area (Å²) in [5, 5.41) is 0. The molecule has 0 aliphatic carbocycles. The van der Waals surface area contributed by atoms with Crippen molar-refractivity contribution in [1.82, 2.24) is 0 Å². The van der Waals surface area contributed by atoms with Gasteiger partial charge >= 0.3 is 0 Å². The molecular formula is C17H35O3S-. The van der Waals surface area contributed by atoms with Gasteiger partial charge in [-0.05, 0) is 6.42 Å². The van der Waals surface area contributed by atoms with E-state index in [1.165, 1.54) is 83.5 Å². The predicted octanol–water partition coefficient (Wildman–Crippen LogP) is 5.67. The van der Waals surface area contributed by atoms with Gasteiger partial charge < -0.3 is 8.74 Å². The Morgan fingerprint density at radius 1 is 0.667 bits per heavy atom. The molecule has 0 fully saturated rings. The Balaban J connectivity index is 2.95. The Labute approximate surface area is 134 Å². The van der Waals surface area contributed by atoms with Crippen LogP contribution in [0.1, 0.15) is 103 Å². The van der Waals surface area contributed by atoms with Crippen LogP contribution >= 0.6 is 0 Å². The second-order valence-corrected chi connectivity index (χ2v) is 6.62. The molecule has 0 aromatic rings. The third-order valence-corrected chi connectivity index (χ3v) is 4.29. The van der Waals surface area contributed by atoms with E-state index < -0.39 is 11.4 Å². The lowest BCUT2D eigenvalue weighted by molar-refractivity contribution is 0.290. The first kappa shape index (κ1) is 21.1. The Kier molecular flexibility index (Phi) is 18.2. The third kappa shape index (κ3) is 20.1. The lowest BCUT2D eigenvalue weighted by Gasteiger charge is -2.05. The molecule has 0 amide bonds. The Morgan fingerprint density at radius 2 is 1.00 bits per heavy atom. The summed E-state index contributed by atoms with van der Waals surface area (Å²) in [4.78, 5) is 0. The maximum Gasteiger partial charge on any atom is 0.0842 e. The van der Waals surface area contributed by atoms with E-state index in [9.17, 15) is 8.76 Å². The number of hydrogen-bond acceptors (Lipinski definition) is 3. The van der Waals surface area contributed by atoms with Crippen molar-refractivity contribution in [2.24, 2.45) is 0 Å². The number of unbranched alkanes of at least 4 members (excludes halogenated alkanes) is 14. The second kappa shape index (κ2) is 18.1. The van der Waals surface area contributed by atoms with Crippen molar-refractivity contribution in [3.63, 3.8) is 0 Å². The van der Waals surface area contributed by atoms with E-state index in [2.05, 4.69) is 11.1 Å². The second-order valence-electron chi connectivity index (χ2n) is 5.98. The third-order valence-electron chi connectivity index (χ3n) is 3.93. The van der Waals surface area contributed by atoms with E-state index in [-0.39, 0.29) is 0 Å². The van der Waals surface area contributed by atoms with Gasteiger partial charge in [0.05, 0.1) is 18.0 Å². The van der Waals surface area contributed by atoms with Crippen molar-refractivity contribution >= 4 is 11.4 Å². The molecule has 0 heterocycles. The Hall–Kier alpha value is 0.0700. The average Bonchev–Trinajstić information content (AvgIpc) is 2.46. The molecule has 0 aliphatic rings. The quantitative estimate of drug-likeness (QED) is 0.256. The van der Waals surface area contributed by atoms with Gasteiger partial charge in [0.25, 0.3) is 0 Å². The fourth-order valence-corrected chi connectivity index (χ4v) is 2.85. The van der Waals surface area contributed by atoms with Crippen LogP contribution in [0.2, 0.25) is 0 Å². The molecule has 0 rings (SSSR count). The van der Waals surface area contributed by atoms with E-state index in [4.69, 9.17) is 0 Å². The fourth-order valence-electron chi connectivity index (χ4n) is 2.60. The highest BCUT2D eigenvalue weighted by atomic mass is 32.2. The normalized spacial score (nSPS) is 12.7. The molecule has 0 bridgehead atoms. The minimum atomic E-state index is -2.33. The highest BCUT2D eigenvalue weighted by Gasteiger charge is 1.94. The maximum atomic E-state index is 10.1. The van der Waals surface area contributed by atoms with Gasteiger partial charge in [-0.25, -0.2) is 4.21 Å². The molecule has 1 atom stereocenters. The van der Waals surface area contributed by atoms with Gasteiger partial charge in [0, 0.05) is 0 Å². The molecule has 0 aromatic carbocycles. The van der Waals surface area contributed by atoms with Crippen LogP contribution in [-0.2, 0) is 15.5 Å². The minimum Gasteiger partial charge on any atom is -0.750 e. The Bertz CT molecular complexity index is 222. The molecule has 0 saturated carbocycles. The number of rotatable bonds is 17. The molecule has 128 valence electrons. The zero-order chi connectivity index (χ0) is 15.6. The van der Waals surface area contributed by atoms with Crippen molar-refractivity contribution < 1.29 is 12.9 Å². The molecular weight excluding hydrogens is 284 g/mol. The van der Waals surface area contributed by atoms with Crippen LogP contribution in [0.15, 0.2) is 0 Å². The van der Waals surface area contributed by atoms with Gasteiger partial charge in [-0.1, -0.05) is 96.8 Å². The van der Waals surface area contributed by atoms with Crippen molar-refractivity contribution in [2.75, 3.05) is 6.61 Å². The van der Waals surface area contributed by atoms with E-state index in [1.807, 2.05) is 0 Å². The van der Waals surface area contributed by atoms with Crippen LogP contribution in [0.3, 0.4) is 0 Å². The molecule has 0 spiro atoms. The van der Waals surface area contributed by atoms with Gasteiger partial charge in [0.15, 0.2) is 0 Å². The smallest absolute Gasteiger partial charge is 0.0842 e. The van der Waals surface area contributed by atoms with Crippen LogP contribution in [0.25, 0.3) is 0 Å². The molecule has 0 saturated heterocycles. The average molecular weight is 320 g/mol. The van der Waals surface area contributed by atoms with Crippen LogP contribution in [0.5, 0.6) is 0 Å². The summed E-state index contributed by atoms with van der Waals surface area (Å²) in [6.07, 6.45) is 19.7. The van der Waals surface area contributed by atoms with Gasteiger partial charge in [-0.3, -0.25) is 0 Å². The largest absolute Gasteiger partial charge is 0.750 e. The first-order valence-electron chi connectivity index (χ1n) is 9.00. The molecule has 3 nitrogen and oxygen atoms in total. The number of hydrogen-bond donors (Lipinski definition) is 0. The van der Waals surface area contributed by atoms with Crippen LogP contribution < -0.4 is 0 Å². The first-order chi connectivity index (χ1) is 10.3. The maximum absolute atomic E-state index is 10.1. The summed E-state index contributed by atoms with van der Waals surface area (Å²) in [6.45, 7) is 2.61. The van der Waals surface area contributed by atoms with Crippen LogP contribution in [0, 0.1) is 0 Å². The molecule has 4 heteroatoms. The minimum absolute atomic E-state index is 0.342. The van der Waals surface area contributed by atoms with Gasteiger partial charge in [0.2, 0.25) is 0 Å². The van der Waals surface area contributed by atoms with E-state index >= 15 is 0 Å². The summed E-state index contributed by atoms with van der Waals surface area (Å²) in [5.41, 5.74) is 0. The van der Waals surface area contributed by atoms with Gasteiger partial charge in [-0.2, -0.15) is 0 Å². The topological polar surface area (TPSA) is 49.4 Å². The highest BCUT2D eigenvalue weighted by Crippen LogP contribution is 2.13. The van der Waals surface area contributed by atoms with Gasteiger partial charge in [-0.15, -0.1) is 0 Å². The molecule has 0 radical (unpaired) electrons. The van der Waals surface area contributed by atoms with Gasteiger partial charge in [0.1, 0.15) is 0 Å². The van der Waals surface area contributed by atoms with Crippen LogP contribution in [0.4, 0.5) is 0 Å². The lowest BCUT2D eigenvalue weighted by atomic mass is 10.0. The van der Waals surface area contributed by atoms with Crippen molar-refractivity contribution in [1.29, 1.82) is 0 Å². The highest BCUT2D eigenvalue weighted by molar-refractivity contribution is 7.74. The monoisotopic (exact) mass is 319 g/mol. The van der Waals surface area contributed by atoms with E-state index in [0.29, 0.717) is 6.61 Å². The summed E-state index contributed by atoms with van der Waals surface area (Å²) in [5.74, 6) is 0. The zero-order valence-electron chi connectivity index (χ0n) is 13.9. The lowest BCUT2D eigenvalue weighted by Crippen LogP contribution is -1.97. The summed E-state index contributed by atoms with van der Waals surface area (Å²) < 4.78 is 24.7. The summed E-state index contributed by atoms with van der Waals surface area (Å²) in [6, 6.07) is 0. The van der Waals surface area contributed by atoms with E-state index in [1.54, 1.807) is 0 Å².